The predicted molar refractivity (Wildman–Crippen MR) is 128 cm³/mol. The first kappa shape index (κ1) is 25.2. The van der Waals surface area contributed by atoms with Crippen molar-refractivity contribution in [3.8, 4) is 11.8 Å². The Morgan fingerprint density at radius 1 is 1.14 bits per heavy atom. The first-order valence-corrected chi connectivity index (χ1v) is 12.3. The fraction of sp³-hybridized carbons (Fsp3) is 0.464. The highest BCUT2D eigenvalue weighted by atomic mass is 19.4. The summed E-state index contributed by atoms with van der Waals surface area (Å²) in [4.78, 5) is 14.8. The number of rotatable bonds is 7. The molecule has 1 N–H and O–H groups in total. The van der Waals surface area contributed by atoms with E-state index in [2.05, 4.69) is 46.4 Å². The van der Waals surface area contributed by atoms with Crippen LogP contribution in [0.4, 0.5) is 17.6 Å². The van der Waals surface area contributed by atoms with Crippen LogP contribution in [0.15, 0.2) is 53.6 Å². The lowest BCUT2D eigenvalue weighted by Gasteiger charge is -2.33. The topological polar surface area (TPSA) is 32.3 Å². The molecule has 35 heavy (non-hydrogen) atoms. The summed E-state index contributed by atoms with van der Waals surface area (Å²) in [6, 6.07) is 2.60. The number of carbonyl (C=O) groups is 1. The van der Waals surface area contributed by atoms with E-state index in [1.807, 2.05) is 0 Å². The Morgan fingerprint density at radius 3 is 2.60 bits per heavy atom. The van der Waals surface area contributed by atoms with E-state index in [0.717, 1.165) is 63.9 Å². The first-order chi connectivity index (χ1) is 16.8. The lowest BCUT2D eigenvalue weighted by molar-refractivity contribution is -0.140. The number of amides is 1. The molecule has 186 valence electrons. The van der Waals surface area contributed by atoms with Crippen molar-refractivity contribution in [2.75, 3.05) is 19.6 Å². The van der Waals surface area contributed by atoms with Gasteiger partial charge in [-0.1, -0.05) is 42.2 Å². The molecule has 0 spiro atoms. The summed E-state index contributed by atoms with van der Waals surface area (Å²) >= 11 is 0. The van der Waals surface area contributed by atoms with Gasteiger partial charge in [-0.05, 0) is 62.8 Å². The number of hydrogen-bond acceptors (Lipinski definition) is 2. The van der Waals surface area contributed by atoms with Crippen LogP contribution in [0, 0.1) is 23.6 Å². The molecule has 1 aromatic carbocycles. The van der Waals surface area contributed by atoms with Crippen molar-refractivity contribution in [1.29, 1.82) is 0 Å². The second kappa shape index (κ2) is 11.3. The number of likely N-dealkylation sites (tertiary alicyclic amines) is 1. The van der Waals surface area contributed by atoms with E-state index in [0.29, 0.717) is 24.8 Å². The van der Waals surface area contributed by atoms with E-state index in [-0.39, 0.29) is 6.04 Å². The normalized spacial score (nSPS) is 19.9. The molecule has 7 heteroatoms. The van der Waals surface area contributed by atoms with Crippen LogP contribution in [0.5, 0.6) is 0 Å². The molecule has 3 aliphatic rings. The van der Waals surface area contributed by atoms with Crippen LogP contribution in [0.1, 0.15) is 60.9 Å². The molecule has 1 saturated heterocycles. The van der Waals surface area contributed by atoms with Crippen LogP contribution >= 0.6 is 0 Å². The average Bonchev–Trinajstić information content (AvgIpc) is 2.86. The highest BCUT2D eigenvalue weighted by Gasteiger charge is 2.36. The number of nitrogens with one attached hydrogen (secondary N) is 1. The van der Waals surface area contributed by atoms with Crippen molar-refractivity contribution in [3.63, 3.8) is 0 Å². The minimum atomic E-state index is -4.84. The maximum absolute atomic E-state index is 14.3. The largest absolute Gasteiger partial charge is 0.419 e. The molecule has 1 amide bonds. The predicted octanol–water partition coefficient (Wildman–Crippen LogP) is 6.05. The Balaban J connectivity index is 1.31. The van der Waals surface area contributed by atoms with Crippen LogP contribution in [0.3, 0.4) is 0 Å². The van der Waals surface area contributed by atoms with Gasteiger partial charge in [0.25, 0.3) is 5.91 Å². The summed E-state index contributed by atoms with van der Waals surface area (Å²) in [5.41, 5.74) is 0.555. The third-order valence-electron chi connectivity index (χ3n) is 6.87. The van der Waals surface area contributed by atoms with E-state index in [9.17, 15) is 22.4 Å². The highest BCUT2D eigenvalue weighted by molar-refractivity contribution is 5.94. The molecule has 4 rings (SSSR count). The zero-order valence-corrected chi connectivity index (χ0v) is 19.6. The number of halogens is 4. The molecule has 0 radical (unpaired) electrons. The van der Waals surface area contributed by atoms with E-state index in [1.165, 1.54) is 11.1 Å². The number of allylic oxidation sites excluding steroid dienone is 6. The monoisotopic (exact) mass is 486 g/mol. The molecule has 0 saturated carbocycles. The number of carbonyl (C=O) groups excluding carboxylic acids is 1. The van der Waals surface area contributed by atoms with Crippen molar-refractivity contribution in [1.82, 2.24) is 10.2 Å². The van der Waals surface area contributed by atoms with Gasteiger partial charge in [-0.25, -0.2) is 4.39 Å². The van der Waals surface area contributed by atoms with E-state index >= 15 is 0 Å². The Bertz CT molecular complexity index is 1080. The van der Waals surface area contributed by atoms with Crippen molar-refractivity contribution >= 4 is 5.91 Å². The van der Waals surface area contributed by atoms with Crippen molar-refractivity contribution < 1.29 is 22.4 Å². The zero-order valence-electron chi connectivity index (χ0n) is 19.6. The molecule has 1 aliphatic heterocycles. The van der Waals surface area contributed by atoms with Crippen LogP contribution in [0.25, 0.3) is 0 Å². The number of nitrogens with zero attached hydrogens (tertiary/aromatic N) is 1. The Labute approximate surface area is 204 Å². The van der Waals surface area contributed by atoms with E-state index < -0.39 is 29.0 Å². The van der Waals surface area contributed by atoms with Crippen molar-refractivity contribution in [2.45, 2.75) is 57.2 Å². The summed E-state index contributed by atoms with van der Waals surface area (Å²) in [6.45, 7) is 2.43. The standard InChI is InChI=1S/C28H30F4N2O/c29-26-24(12-7-13-25(26)28(30,31)32)27(35)33-22-14-17-34(18-15-22)19-16-23(20-8-3-1-4-9-20)21-10-5-2-6-11-21/h3,7-10,12-13,22-23H,1-2,4-5,14-19H2,(H,33,35). The fourth-order valence-electron chi connectivity index (χ4n) is 4.94. The maximum atomic E-state index is 14.3. The van der Waals surface area contributed by atoms with Crippen LogP contribution < -0.4 is 5.32 Å². The number of benzene rings is 1. The van der Waals surface area contributed by atoms with Gasteiger partial charge in [-0.2, -0.15) is 13.2 Å². The Morgan fingerprint density at radius 2 is 1.94 bits per heavy atom. The van der Waals surface area contributed by atoms with Crippen LogP contribution in [-0.2, 0) is 6.18 Å². The highest BCUT2D eigenvalue weighted by Crippen LogP contribution is 2.33. The van der Waals surface area contributed by atoms with Gasteiger partial charge in [0.1, 0.15) is 5.82 Å². The molecule has 0 bridgehead atoms. The maximum Gasteiger partial charge on any atom is 0.419 e. The number of alkyl halides is 3. The number of piperidine rings is 1. The second-order valence-electron chi connectivity index (χ2n) is 9.28. The lowest BCUT2D eigenvalue weighted by Crippen LogP contribution is -2.45. The third kappa shape index (κ3) is 6.43. The molecule has 3 nitrogen and oxygen atoms in total. The molecular weight excluding hydrogens is 456 g/mol. The number of hydrogen-bond donors (Lipinski definition) is 1. The third-order valence-corrected chi connectivity index (χ3v) is 6.87. The molecule has 2 aliphatic carbocycles. The summed E-state index contributed by atoms with van der Waals surface area (Å²) in [5.74, 6) is 4.54. The summed E-state index contributed by atoms with van der Waals surface area (Å²) in [5, 5.41) is 2.72. The molecule has 1 atom stereocenters. The first-order valence-electron chi connectivity index (χ1n) is 12.3. The SMILES string of the molecule is O=C(NC1CCN(CCC(C2=CCCC#C2)C2=CCCC=C2)CC1)c1cccc(C(F)(F)F)c1F. The van der Waals surface area contributed by atoms with Crippen LogP contribution in [-0.4, -0.2) is 36.5 Å². The molecule has 1 heterocycles. The van der Waals surface area contributed by atoms with Gasteiger partial charge >= 0.3 is 6.18 Å². The summed E-state index contributed by atoms with van der Waals surface area (Å²) in [7, 11) is 0. The van der Waals surface area contributed by atoms with Crippen molar-refractivity contribution in [3.05, 3.63) is 70.6 Å². The van der Waals surface area contributed by atoms with Gasteiger partial charge in [0, 0.05) is 37.0 Å². The van der Waals surface area contributed by atoms with Gasteiger partial charge in [-0.15, -0.1) is 0 Å². The van der Waals surface area contributed by atoms with Gasteiger partial charge < -0.3 is 10.2 Å². The lowest BCUT2D eigenvalue weighted by atomic mass is 9.83. The van der Waals surface area contributed by atoms with Crippen LogP contribution in [0.2, 0.25) is 0 Å². The fourth-order valence-corrected chi connectivity index (χ4v) is 4.94. The minimum Gasteiger partial charge on any atom is -0.349 e. The second-order valence-corrected chi connectivity index (χ2v) is 9.28. The minimum absolute atomic E-state index is 0.195. The average molecular weight is 487 g/mol. The van der Waals surface area contributed by atoms with Gasteiger partial charge in [0.05, 0.1) is 11.1 Å². The Kier molecular flexibility index (Phi) is 8.12. The zero-order chi connectivity index (χ0) is 24.8. The molecule has 1 fully saturated rings. The van der Waals surface area contributed by atoms with Gasteiger partial charge in [0.2, 0.25) is 0 Å². The molecular formula is C28H30F4N2O. The summed E-state index contributed by atoms with van der Waals surface area (Å²) < 4.78 is 53.2. The quantitative estimate of drug-likeness (QED) is 0.376. The summed E-state index contributed by atoms with van der Waals surface area (Å²) in [6.07, 6.45) is 10.5. The van der Waals surface area contributed by atoms with E-state index in [4.69, 9.17) is 0 Å². The van der Waals surface area contributed by atoms with Crippen molar-refractivity contribution in [2.24, 2.45) is 5.92 Å². The molecule has 1 unspecified atom stereocenters. The molecule has 1 aromatic rings. The van der Waals surface area contributed by atoms with E-state index in [1.54, 1.807) is 0 Å². The van der Waals surface area contributed by atoms with Gasteiger partial charge in [-0.3, -0.25) is 4.79 Å². The smallest absolute Gasteiger partial charge is 0.349 e. The molecule has 0 aromatic heterocycles. The van der Waals surface area contributed by atoms with Gasteiger partial charge in [0.15, 0.2) is 0 Å². The Hall–Kier alpha value is -2.85.